The van der Waals surface area contributed by atoms with Crippen molar-refractivity contribution in [2.75, 3.05) is 27.1 Å². The van der Waals surface area contributed by atoms with E-state index in [9.17, 15) is 23.2 Å². The SMILES string of the molecule is COc1ccc(S(=O)(=O)N(Cc2ccc3c(c2)OCO3)[C@H](CNC(=O)OCC2c3ccccc3-c3ccccc32)C(=O)NO)cc1. The van der Waals surface area contributed by atoms with Crippen LogP contribution in [0.5, 0.6) is 17.2 Å². The fraction of sp³-hybridized carbons (Fsp3) is 0.212. The van der Waals surface area contributed by atoms with Crippen LogP contribution >= 0.6 is 0 Å². The van der Waals surface area contributed by atoms with Gasteiger partial charge in [0, 0.05) is 19.0 Å². The zero-order valence-corrected chi connectivity index (χ0v) is 25.5. The molecule has 0 aromatic heterocycles. The quantitative estimate of drug-likeness (QED) is 0.162. The number of hydroxylamine groups is 1. The van der Waals surface area contributed by atoms with Gasteiger partial charge in [-0.3, -0.25) is 10.0 Å². The second-order valence-electron chi connectivity index (χ2n) is 10.6. The highest BCUT2D eigenvalue weighted by molar-refractivity contribution is 7.89. The van der Waals surface area contributed by atoms with E-state index in [1.54, 1.807) is 18.2 Å². The molecule has 0 fully saturated rings. The third-order valence-corrected chi connectivity index (χ3v) is 9.85. The third kappa shape index (κ3) is 6.07. The number of hydrogen-bond donors (Lipinski definition) is 3. The largest absolute Gasteiger partial charge is 0.497 e. The van der Waals surface area contributed by atoms with Gasteiger partial charge in [0.1, 0.15) is 18.4 Å². The number of nitrogens with zero attached hydrogens (tertiary/aromatic N) is 1. The molecule has 1 aliphatic carbocycles. The summed E-state index contributed by atoms with van der Waals surface area (Å²) >= 11 is 0. The zero-order valence-electron chi connectivity index (χ0n) is 24.7. The van der Waals surface area contributed by atoms with Crippen molar-refractivity contribution in [2.24, 2.45) is 0 Å². The van der Waals surface area contributed by atoms with E-state index in [0.717, 1.165) is 26.6 Å². The number of hydrogen-bond acceptors (Lipinski definition) is 9. The average molecular weight is 646 g/mol. The van der Waals surface area contributed by atoms with Gasteiger partial charge in [0.15, 0.2) is 11.5 Å². The summed E-state index contributed by atoms with van der Waals surface area (Å²) in [4.78, 5) is 25.9. The van der Waals surface area contributed by atoms with Crippen molar-refractivity contribution in [2.45, 2.75) is 23.4 Å². The van der Waals surface area contributed by atoms with Gasteiger partial charge in [-0.2, -0.15) is 4.31 Å². The van der Waals surface area contributed by atoms with Crippen LogP contribution in [0.25, 0.3) is 11.1 Å². The zero-order chi connectivity index (χ0) is 32.3. The number of benzene rings is 4. The Hall–Kier alpha value is -5.11. The predicted octanol–water partition coefficient (Wildman–Crippen LogP) is 4.03. The van der Waals surface area contributed by atoms with E-state index in [1.165, 1.54) is 36.9 Å². The number of methoxy groups -OCH3 is 1. The number of carbonyl (C=O) groups excluding carboxylic acids is 2. The predicted molar refractivity (Wildman–Crippen MR) is 165 cm³/mol. The number of nitrogens with one attached hydrogen (secondary N) is 2. The lowest BCUT2D eigenvalue weighted by Crippen LogP contribution is -2.54. The second-order valence-corrected chi connectivity index (χ2v) is 12.5. The molecule has 2 aliphatic rings. The Morgan fingerprint density at radius 3 is 2.24 bits per heavy atom. The number of sulfonamides is 1. The molecule has 12 nitrogen and oxygen atoms in total. The highest BCUT2D eigenvalue weighted by Crippen LogP contribution is 2.44. The standard InChI is InChI=1S/C33H31N3O9S/c1-42-22-11-13-23(14-12-22)46(40,41)36(18-21-10-15-30-31(16-21)45-20-44-30)29(32(37)35-39)17-34-33(38)43-19-28-26-8-4-2-6-24(26)25-7-3-5-9-27(25)28/h2-16,28-29,39H,17-20H2,1H3,(H,34,38)(H,35,37)/t29-/m1/s1. The summed E-state index contributed by atoms with van der Waals surface area (Å²) in [5.41, 5.74) is 6.18. The molecule has 6 rings (SSSR count). The molecule has 2 amide bonds. The molecule has 4 aromatic rings. The van der Waals surface area contributed by atoms with Gasteiger partial charge in [-0.05, 0) is 64.2 Å². The summed E-state index contributed by atoms with van der Waals surface area (Å²) in [6.07, 6.45) is -0.859. The lowest BCUT2D eigenvalue weighted by atomic mass is 9.98. The van der Waals surface area contributed by atoms with Crippen molar-refractivity contribution in [1.29, 1.82) is 0 Å². The first kappa shape index (κ1) is 30.9. The molecule has 0 unspecified atom stereocenters. The minimum Gasteiger partial charge on any atom is -0.497 e. The van der Waals surface area contributed by atoms with Crippen LogP contribution in [0.15, 0.2) is 95.9 Å². The summed E-state index contributed by atoms with van der Waals surface area (Å²) in [6.45, 7) is -0.785. The third-order valence-electron chi connectivity index (χ3n) is 7.99. The minimum atomic E-state index is -4.39. The minimum absolute atomic E-state index is 0.0157. The van der Waals surface area contributed by atoms with Gasteiger partial charge in [-0.25, -0.2) is 18.7 Å². The molecule has 0 bridgehead atoms. The van der Waals surface area contributed by atoms with Gasteiger partial charge in [0.25, 0.3) is 5.91 Å². The van der Waals surface area contributed by atoms with Crippen LogP contribution in [0.2, 0.25) is 0 Å². The Balaban J connectivity index is 1.23. The lowest BCUT2D eigenvalue weighted by molar-refractivity contribution is -0.133. The average Bonchev–Trinajstić information content (AvgIpc) is 3.69. The maximum Gasteiger partial charge on any atom is 0.407 e. The first-order valence-electron chi connectivity index (χ1n) is 14.4. The Bertz CT molecular complexity index is 1820. The highest BCUT2D eigenvalue weighted by atomic mass is 32.2. The molecule has 3 N–H and O–H groups in total. The highest BCUT2D eigenvalue weighted by Gasteiger charge is 2.37. The molecule has 1 heterocycles. The monoisotopic (exact) mass is 645 g/mol. The summed E-state index contributed by atoms with van der Waals surface area (Å²) in [5, 5.41) is 12.1. The molecule has 0 saturated carbocycles. The molecular weight excluding hydrogens is 614 g/mol. The fourth-order valence-electron chi connectivity index (χ4n) is 5.69. The van der Waals surface area contributed by atoms with Crippen LogP contribution in [0.3, 0.4) is 0 Å². The number of alkyl carbamates (subject to hydrolysis) is 1. The molecule has 238 valence electrons. The van der Waals surface area contributed by atoms with Gasteiger partial charge in [-0.1, -0.05) is 54.6 Å². The lowest BCUT2D eigenvalue weighted by Gasteiger charge is -2.30. The van der Waals surface area contributed by atoms with E-state index < -0.39 is 34.6 Å². The van der Waals surface area contributed by atoms with Gasteiger partial charge in [0.2, 0.25) is 16.8 Å². The number of amides is 2. The van der Waals surface area contributed by atoms with Crippen molar-refractivity contribution >= 4 is 22.0 Å². The van der Waals surface area contributed by atoms with Crippen molar-refractivity contribution in [3.8, 4) is 28.4 Å². The molecule has 46 heavy (non-hydrogen) atoms. The first-order chi connectivity index (χ1) is 22.3. The van der Waals surface area contributed by atoms with Crippen molar-refractivity contribution < 1.29 is 42.2 Å². The molecule has 0 radical (unpaired) electrons. The maximum absolute atomic E-state index is 14.0. The second kappa shape index (κ2) is 13.1. The van der Waals surface area contributed by atoms with E-state index in [1.807, 2.05) is 48.5 Å². The molecule has 4 aromatic carbocycles. The number of fused-ring (bicyclic) bond motifs is 4. The van der Waals surface area contributed by atoms with Gasteiger partial charge >= 0.3 is 6.09 Å². The van der Waals surface area contributed by atoms with E-state index >= 15 is 0 Å². The van der Waals surface area contributed by atoms with Crippen LogP contribution in [0.1, 0.15) is 22.6 Å². The van der Waals surface area contributed by atoms with Crippen LogP contribution in [0, 0.1) is 0 Å². The normalized spacial score (nSPS) is 13.9. The summed E-state index contributed by atoms with van der Waals surface area (Å²) in [6, 6.07) is 24.7. The van der Waals surface area contributed by atoms with Crippen LogP contribution in [-0.4, -0.2) is 63.0 Å². The Labute approximate surface area is 265 Å². The molecular formula is C33H31N3O9S. The number of rotatable bonds is 11. The fourth-order valence-corrected chi connectivity index (χ4v) is 7.27. The van der Waals surface area contributed by atoms with Gasteiger partial charge < -0.3 is 24.3 Å². The molecule has 1 atom stereocenters. The summed E-state index contributed by atoms with van der Waals surface area (Å²) < 4.78 is 50.5. The Morgan fingerprint density at radius 2 is 1.59 bits per heavy atom. The van der Waals surface area contributed by atoms with Crippen molar-refractivity contribution in [1.82, 2.24) is 15.1 Å². The van der Waals surface area contributed by atoms with Crippen molar-refractivity contribution in [3.05, 3.63) is 108 Å². The molecule has 0 saturated heterocycles. The van der Waals surface area contributed by atoms with Crippen LogP contribution in [0.4, 0.5) is 4.79 Å². The van der Waals surface area contributed by atoms with Gasteiger partial charge in [0.05, 0.1) is 12.0 Å². The van der Waals surface area contributed by atoms with Crippen LogP contribution < -0.4 is 25.0 Å². The Kier molecular flexibility index (Phi) is 8.79. The van der Waals surface area contributed by atoms with Gasteiger partial charge in [-0.15, -0.1) is 0 Å². The van der Waals surface area contributed by atoms with E-state index in [2.05, 4.69) is 5.32 Å². The van der Waals surface area contributed by atoms with E-state index in [-0.39, 0.29) is 30.8 Å². The molecule has 13 heteroatoms. The molecule has 0 spiro atoms. The van der Waals surface area contributed by atoms with E-state index in [0.29, 0.717) is 22.8 Å². The van der Waals surface area contributed by atoms with Crippen molar-refractivity contribution in [3.63, 3.8) is 0 Å². The van der Waals surface area contributed by atoms with E-state index in [4.69, 9.17) is 18.9 Å². The Morgan fingerprint density at radius 1 is 0.935 bits per heavy atom. The summed E-state index contributed by atoms with van der Waals surface area (Å²) in [7, 11) is -2.94. The number of ether oxygens (including phenoxy) is 4. The summed E-state index contributed by atoms with van der Waals surface area (Å²) in [5.74, 6) is 0.0846. The van der Waals surface area contributed by atoms with Crippen LogP contribution in [-0.2, 0) is 26.1 Å². The number of carbonyl (C=O) groups is 2. The smallest absolute Gasteiger partial charge is 0.407 e. The molecule has 1 aliphatic heterocycles. The topological polar surface area (TPSA) is 153 Å². The maximum atomic E-state index is 14.0. The first-order valence-corrected chi connectivity index (χ1v) is 15.8.